The van der Waals surface area contributed by atoms with E-state index in [9.17, 15) is 18.0 Å². The molecule has 34 heavy (non-hydrogen) atoms. The minimum atomic E-state index is -4.60. The van der Waals surface area contributed by atoms with E-state index < -0.39 is 17.6 Å². The lowest BCUT2D eigenvalue weighted by molar-refractivity contribution is -0.137. The molecule has 11 heteroatoms. The lowest BCUT2D eigenvalue weighted by Crippen LogP contribution is -2.20. The molecule has 0 unspecified atom stereocenters. The average Bonchev–Trinajstić information content (AvgIpc) is 3.19. The number of carbonyl (C=O) groups is 1. The second-order valence-corrected chi connectivity index (χ2v) is 9.61. The summed E-state index contributed by atoms with van der Waals surface area (Å²) < 4.78 is 41.8. The summed E-state index contributed by atoms with van der Waals surface area (Å²) in [5.41, 5.74) is 4.30. The fourth-order valence-corrected chi connectivity index (χ4v) is 3.86. The summed E-state index contributed by atoms with van der Waals surface area (Å²) in [5, 5.41) is 5.38. The number of alkyl halides is 3. The Morgan fingerprint density at radius 3 is 2.53 bits per heavy atom. The van der Waals surface area contributed by atoms with Gasteiger partial charge in [0.1, 0.15) is 10.8 Å². The Hall–Kier alpha value is -3.21. The maximum Gasteiger partial charge on any atom is 0.416 e. The van der Waals surface area contributed by atoms with Crippen molar-refractivity contribution in [2.75, 3.05) is 10.9 Å². The number of halogens is 3. The van der Waals surface area contributed by atoms with Crippen LogP contribution in [0.5, 0.6) is 0 Å². The van der Waals surface area contributed by atoms with Gasteiger partial charge in [-0.3, -0.25) is 15.6 Å². The van der Waals surface area contributed by atoms with Gasteiger partial charge in [0.05, 0.1) is 16.8 Å². The van der Waals surface area contributed by atoms with E-state index in [0.29, 0.717) is 17.2 Å². The number of benzene rings is 1. The summed E-state index contributed by atoms with van der Waals surface area (Å²) in [6.07, 6.45) is -1.29. The van der Waals surface area contributed by atoms with E-state index in [4.69, 9.17) is 0 Å². The van der Waals surface area contributed by atoms with Crippen LogP contribution in [0.25, 0.3) is 0 Å². The van der Waals surface area contributed by atoms with Crippen LogP contribution in [0.3, 0.4) is 0 Å². The highest BCUT2D eigenvalue weighted by Crippen LogP contribution is 2.32. The van der Waals surface area contributed by atoms with Gasteiger partial charge in [-0.15, -0.1) is 0 Å². The Kier molecular flexibility index (Phi) is 7.75. The van der Waals surface area contributed by atoms with E-state index in [1.165, 1.54) is 17.4 Å². The standard InChI is InChI=1S/C23H27F3N6OS/c1-5-6-13-32-21(34-20(31-32)22(2,3)4)28-19(33)16-14-15(23(24,25)26)10-11-17(16)29-30-18-9-7-8-12-27-18/h7-12,14,29H,5-6,13H2,1-4H3,(H,27,30). The van der Waals surface area contributed by atoms with Gasteiger partial charge >= 0.3 is 6.18 Å². The van der Waals surface area contributed by atoms with E-state index in [-0.39, 0.29) is 16.7 Å². The monoisotopic (exact) mass is 492 g/mol. The molecule has 2 aromatic heterocycles. The number of hydrogen-bond acceptors (Lipinski definition) is 6. The third kappa shape index (κ3) is 6.43. The number of hydrazine groups is 1. The van der Waals surface area contributed by atoms with Crippen LogP contribution in [0.4, 0.5) is 24.7 Å². The van der Waals surface area contributed by atoms with Crippen LogP contribution >= 0.6 is 11.3 Å². The summed E-state index contributed by atoms with van der Waals surface area (Å²) in [4.78, 5) is 21.8. The molecule has 0 fully saturated rings. The summed E-state index contributed by atoms with van der Waals surface area (Å²) >= 11 is 1.26. The highest BCUT2D eigenvalue weighted by atomic mass is 32.1. The molecule has 2 heterocycles. The van der Waals surface area contributed by atoms with Gasteiger partial charge < -0.3 is 0 Å². The number of rotatable bonds is 7. The van der Waals surface area contributed by atoms with Crippen LogP contribution in [-0.4, -0.2) is 20.7 Å². The predicted molar refractivity (Wildman–Crippen MR) is 127 cm³/mol. The fourth-order valence-electron chi connectivity index (χ4n) is 2.87. The topological polar surface area (TPSA) is 84.2 Å². The zero-order valence-corrected chi connectivity index (χ0v) is 20.2. The molecule has 0 radical (unpaired) electrons. The molecule has 0 spiro atoms. The van der Waals surface area contributed by atoms with E-state index in [2.05, 4.69) is 25.9 Å². The Morgan fingerprint density at radius 2 is 1.91 bits per heavy atom. The Morgan fingerprint density at radius 1 is 1.15 bits per heavy atom. The van der Waals surface area contributed by atoms with Gasteiger partial charge in [0, 0.05) is 18.2 Å². The van der Waals surface area contributed by atoms with Crippen molar-refractivity contribution in [3.63, 3.8) is 0 Å². The fraction of sp³-hybridized carbons (Fsp3) is 0.391. The second-order valence-electron chi connectivity index (χ2n) is 8.66. The smallest absolute Gasteiger partial charge is 0.299 e. The Labute approximate surface area is 199 Å². The van der Waals surface area contributed by atoms with Gasteiger partial charge in [0.2, 0.25) is 4.80 Å². The number of aryl methyl sites for hydroxylation is 1. The van der Waals surface area contributed by atoms with Crippen LogP contribution in [0, 0.1) is 0 Å². The van der Waals surface area contributed by atoms with Gasteiger partial charge in [0.25, 0.3) is 5.91 Å². The number of nitrogens with one attached hydrogen (secondary N) is 2. The van der Waals surface area contributed by atoms with E-state index >= 15 is 0 Å². The molecule has 3 rings (SSSR count). The maximum atomic E-state index is 13.4. The predicted octanol–water partition coefficient (Wildman–Crippen LogP) is 5.64. The number of unbranched alkanes of at least 4 members (excludes halogenated alkanes) is 1. The number of anilines is 2. The van der Waals surface area contributed by atoms with E-state index in [1.807, 2.05) is 27.7 Å². The normalized spacial score (nSPS) is 12.6. The summed E-state index contributed by atoms with van der Waals surface area (Å²) in [5.74, 6) is -0.363. The van der Waals surface area contributed by atoms with Gasteiger partial charge in [0.15, 0.2) is 0 Å². The van der Waals surface area contributed by atoms with Crippen molar-refractivity contribution in [3.05, 3.63) is 63.5 Å². The third-order valence-electron chi connectivity index (χ3n) is 4.75. The van der Waals surface area contributed by atoms with Gasteiger partial charge in [-0.05, 0) is 36.8 Å². The van der Waals surface area contributed by atoms with Crippen molar-refractivity contribution in [2.24, 2.45) is 4.99 Å². The number of nitrogens with zero attached hydrogens (tertiary/aromatic N) is 4. The molecular weight excluding hydrogens is 465 g/mol. The molecule has 0 atom stereocenters. The SMILES string of the molecule is CCCCn1nc(C(C)(C)C)sc1=NC(=O)c1cc(C(F)(F)F)ccc1NNc1ccccn1. The highest BCUT2D eigenvalue weighted by Gasteiger charge is 2.32. The first kappa shape index (κ1) is 25.4. The largest absolute Gasteiger partial charge is 0.416 e. The van der Waals surface area contributed by atoms with Crippen molar-refractivity contribution in [1.82, 2.24) is 14.8 Å². The van der Waals surface area contributed by atoms with Gasteiger partial charge in [-0.2, -0.15) is 23.3 Å². The van der Waals surface area contributed by atoms with Crippen molar-refractivity contribution in [3.8, 4) is 0 Å². The molecule has 3 aromatic rings. The van der Waals surface area contributed by atoms with Crippen molar-refractivity contribution >= 4 is 28.7 Å². The molecule has 0 aliphatic rings. The van der Waals surface area contributed by atoms with E-state index in [0.717, 1.165) is 30.0 Å². The molecular formula is C23H27F3N6OS. The first-order valence-corrected chi connectivity index (χ1v) is 11.6. The molecule has 0 saturated carbocycles. The number of hydrogen-bond donors (Lipinski definition) is 2. The third-order valence-corrected chi connectivity index (χ3v) is 6.12. The Bertz CT molecular complexity index is 1200. The van der Waals surface area contributed by atoms with Gasteiger partial charge in [-0.1, -0.05) is 51.5 Å². The van der Waals surface area contributed by atoms with Crippen LogP contribution in [-0.2, 0) is 18.1 Å². The van der Waals surface area contributed by atoms with E-state index in [1.54, 1.807) is 29.1 Å². The maximum absolute atomic E-state index is 13.4. The zero-order chi connectivity index (χ0) is 24.9. The quantitative estimate of drug-likeness (QED) is 0.417. The molecule has 182 valence electrons. The number of aromatic nitrogens is 3. The van der Waals surface area contributed by atoms with Crippen LogP contribution in [0.15, 0.2) is 47.6 Å². The molecule has 7 nitrogen and oxygen atoms in total. The molecule has 1 aromatic carbocycles. The second kappa shape index (κ2) is 10.4. The van der Waals surface area contributed by atoms with Gasteiger partial charge in [-0.25, -0.2) is 9.67 Å². The van der Waals surface area contributed by atoms with Crippen molar-refractivity contribution in [2.45, 2.75) is 58.7 Å². The summed E-state index contributed by atoms with van der Waals surface area (Å²) in [6, 6.07) is 8.05. The van der Waals surface area contributed by atoms with Crippen LogP contribution in [0.1, 0.15) is 61.5 Å². The number of amides is 1. The van der Waals surface area contributed by atoms with Crippen molar-refractivity contribution in [1.29, 1.82) is 0 Å². The lowest BCUT2D eigenvalue weighted by atomic mass is 9.98. The first-order valence-electron chi connectivity index (χ1n) is 10.8. The molecule has 0 bridgehead atoms. The molecule has 0 aliphatic carbocycles. The minimum Gasteiger partial charge on any atom is -0.299 e. The summed E-state index contributed by atoms with van der Waals surface area (Å²) in [6.45, 7) is 8.60. The van der Waals surface area contributed by atoms with Crippen LogP contribution in [0.2, 0.25) is 0 Å². The summed E-state index contributed by atoms with van der Waals surface area (Å²) in [7, 11) is 0. The van der Waals surface area contributed by atoms with Crippen molar-refractivity contribution < 1.29 is 18.0 Å². The zero-order valence-electron chi connectivity index (χ0n) is 19.4. The molecule has 0 saturated heterocycles. The average molecular weight is 493 g/mol. The van der Waals surface area contributed by atoms with Crippen LogP contribution < -0.4 is 15.7 Å². The molecule has 0 aliphatic heterocycles. The molecule has 1 amide bonds. The number of pyridine rings is 1. The minimum absolute atomic E-state index is 0.146. The molecule has 2 N–H and O–H groups in total. The Balaban J connectivity index is 2.03. The lowest BCUT2D eigenvalue weighted by Gasteiger charge is -2.14. The highest BCUT2D eigenvalue weighted by molar-refractivity contribution is 7.09. The first-order chi connectivity index (χ1) is 16.0. The number of carbonyl (C=O) groups excluding carboxylic acids is 1.